The average molecular weight is 423 g/mol. The van der Waals surface area contributed by atoms with Crippen molar-refractivity contribution in [3.05, 3.63) is 62.0 Å². The largest absolute Gasteiger partial charge is 0.331 e. The molecule has 1 aromatic heterocycles. The van der Waals surface area contributed by atoms with Crippen LogP contribution in [0.5, 0.6) is 0 Å². The Bertz CT molecular complexity index is 876. The Hall–Kier alpha value is -2.32. The van der Waals surface area contributed by atoms with Crippen LogP contribution in [0, 0.1) is 5.82 Å². The Morgan fingerprint density at radius 3 is 2.48 bits per heavy atom. The molecule has 1 aliphatic heterocycles. The van der Waals surface area contributed by atoms with E-state index in [0.717, 1.165) is 19.1 Å². The fourth-order valence-electron chi connectivity index (χ4n) is 2.34. The minimum atomic E-state index is -0.748. The molecule has 1 N–H and O–H groups in total. The number of barbiturate groups is 1. The van der Waals surface area contributed by atoms with Gasteiger partial charge in [-0.15, -0.1) is 11.3 Å². The molecule has 2 aromatic rings. The molecule has 5 nitrogen and oxygen atoms in total. The lowest BCUT2D eigenvalue weighted by atomic mass is 10.1. The van der Waals surface area contributed by atoms with E-state index in [-0.39, 0.29) is 17.9 Å². The van der Waals surface area contributed by atoms with E-state index >= 15 is 0 Å². The Balaban J connectivity index is 1.78. The predicted molar refractivity (Wildman–Crippen MR) is 95.4 cm³/mol. The Morgan fingerprint density at radius 1 is 1.12 bits per heavy atom. The second kappa shape index (κ2) is 7.28. The van der Waals surface area contributed by atoms with E-state index in [1.807, 2.05) is 0 Å². The molecule has 0 unspecified atom stereocenters. The zero-order valence-corrected chi connectivity index (χ0v) is 15.2. The number of rotatable bonds is 4. The van der Waals surface area contributed by atoms with Gasteiger partial charge in [0, 0.05) is 11.4 Å². The third kappa shape index (κ3) is 4.02. The quantitative estimate of drug-likeness (QED) is 0.606. The van der Waals surface area contributed by atoms with E-state index in [9.17, 15) is 18.8 Å². The Kier molecular flexibility index (Phi) is 5.10. The summed E-state index contributed by atoms with van der Waals surface area (Å²) in [5, 5.41) is 2.17. The third-order valence-corrected chi connectivity index (χ3v) is 5.17. The number of benzene rings is 1. The van der Waals surface area contributed by atoms with Crippen molar-refractivity contribution in [2.75, 3.05) is 6.54 Å². The normalized spacial score (nSPS) is 16.5. The number of hydrogen-bond donors (Lipinski definition) is 1. The highest BCUT2D eigenvalue weighted by molar-refractivity contribution is 9.11. The molecule has 8 heteroatoms. The van der Waals surface area contributed by atoms with E-state index in [2.05, 4.69) is 21.2 Å². The van der Waals surface area contributed by atoms with Gasteiger partial charge in [0.15, 0.2) is 0 Å². The highest BCUT2D eigenvalue weighted by Crippen LogP contribution is 2.25. The van der Waals surface area contributed by atoms with Crippen LogP contribution >= 0.6 is 27.3 Å². The van der Waals surface area contributed by atoms with Crippen molar-refractivity contribution in [2.45, 2.75) is 6.42 Å². The molecule has 1 saturated heterocycles. The summed E-state index contributed by atoms with van der Waals surface area (Å²) in [5.74, 6) is -1.70. The van der Waals surface area contributed by atoms with Crippen molar-refractivity contribution in [3.63, 3.8) is 0 Å². The number of hydrogen-bond acceptors (Lipinski definition) is 4. The van der Waals surface area contributed by atoms with Crippen LogP contribution in [0.2, 0.25) is 0 Å². The van der Waals surface area contributed by atoms with Crippen LogP contribution in [-0.4, -0.2) is 29.3 Å². The van der Waals surface area contributed by atoms with Gasteiger partial charge in [0.1, 0.15) is 11.4 Å². The van der Waals surface area contributed by atoms with Gasteiger partial charge in [0.2, 0.25) is 0 Å². The van der Waals surface area contributed by atoms with Crippen LogP contribution < -0.4 is 5.32 Å². The van der Waals surface area contributed by atoms with Crippen molar-refractivity contribution in [3.8, 4) is 0 Å². The summed E-state index contributed by atoms with van der Waals surface area (Å²) in [6.07, 6.45) is 1.83. The van der Waals surface area contributed by atoms with Gasteiger partial charge < -0.3 is 0 Å². The maximum absolute atomic E-state index is 12.9. The van der Waals surface area contributed by atoms with Gasteiger partial charge >= 0.3 is 6.03 Å². The molecule has 3 rings (SSSR count). The molecule has 1 aliphatic rings. The zero-order chi connectivity index (χ0) is 18.0. The van der Waals surface area contributed by atoms with E-state index in [4.69, 9.17) is 0 Å². The van der Waals surface area contributed by atoms with Crippen LogP contribution in [0.15, 0.2) is 45.8 Å². The summed E-state index contributed by atoms with van der Waals surface area (Å²) >= 11 is 4.69. The number of thiophene rings is 1. The number of halogens is 2. The van der Waals surface area contributed by atoms with Crippen molar-refractivity contribution in [1.82, 2.24) is 10.2 Å². The molecular weight excluding hydrogens is 411 g/mol. The predicted octanol–water partition coefficient (Wildman–Crippen LogP) is 3.35. The van der Waals surface area contributed by atoms with Crippen LogP contribution in [0.1, 0.15) is 10.4 Å². The molecule has 1 fully saturated rings. The number of nitrogens with one attached hydrogen (secondary N) is 1. The molecule has 0 atom stereocenters. The smallest absolute Gasteiger partial charge is 0.273 e. The van der Waals surface area contributed by atoms with E-state index in [1.165, 1.54) is 29.5 Å². The lowest BCUT2D eigenvalue weighted by Crippen LogP contribution is -2.54. The molecular formula is C17H12BrFN2O3S. The Morgan fingerprint density at radius 2 is 1.84 bits per heavy atom. The fraction of sp³-hybridized carbons (Fsp3) is 0.118. The molecule has 0 aliphatic carbocycles. The van der Waals surface area contributed by atoms with Gasteiger partial charge in [-0.2, -0.15) is 0 Å². The number of nitrogens with zero attached hydrogens (tertiary/aromatic N) is 1. The third-order valence-electron chi connectivity index (χ3n) is 3.60. The van der Waals surface area contributed by atoms with Gasteiger partial charge in [0.25, 0.3) is 11.8 Å². The van der Waals surface area contributed by atoms with E-state index in [0.29, 0.717) is 6.42 Å². The van der Waals surface area contributed by atoms with Crippen molar-refractivity contribution < 1.29 is 18.8 Å². The molecule has 4 amide bonds. The summed E-state index contributed by atoms with van der Waals surface area (Å²) in [6, 6.07) is 8.64. The zero-order valence-electron chi connectivity index (χ0n) is 12.8. The molecule has 0 saturated carbocycles. The number of carbonyl (C=O) groups is 3. The first kappa shape index (κ1) is 17.5. The number of carbonyl (C=O) groups excluding carboxylic acids is 3. The highest BCUT2D eigenvalue weighted by Gasteiger charge is 2.35. The SMILES string of the molecule is O=C1NC(=O)N(CCc2ccc(F)cc2)C(=O)C1=Cc1ccc(Br)s1. The lowest BCUT2D eigenvalue weighted by Gasteiger charge is -2.26. The highest BCUT2D eigenvalue weighted by atomic mass is 79.9. The van der Waals surface area contributed by atoms with Crippen LogP contribution in [0.4, 0.5) is 9.18 Å². The second-order valence-electron chi connectivity index (χ2n) is 5.29. The lowest BCUT2D eigenvalue weighted by molar-refractivity contribution is -0.130. The van der Waals surface area contributed by atoms with Crippen LogP contribution in [-0.2, 0) is 16.0 Å². The molecule has 2 heterocycles. The fourth-order valence-corrected chi connectivity index (χ4v) is 3.70. The van der Waals surface area contributed by atoms with Gasteiger partial charge in [-0.25, -0.2) is 9.18 Å². The summed E-state index contributed by atoms with van der Waals surface area (Å²) in [5.41, 5.74) is 0.694. The van der Waals surface area contributed by atoms with Crippen LogP contribution in [0.25, 0.3) is 6.08 Å². The van der Waals surface area contributed by atoms with Crippen molar-refractivity contribution >= 4 is 51.2 Å². The first-order chi connectivity index (χ1) is 11.9. The second-order valence-corrected chi connectivity index (χ2v) is 7.79. The van der Waals surface area contributed by atoms with Gasteiger partial charge in [-0.3, -0.25) is 19.8 Å². The number of amides is 4. The first-order valence-electron chi connectivity index (χ1n) is 7.32. The van der Waals surface area contributed by atoms with Crippen molar-refractivity contribution in [1.29, 1.82) is 0 Å². The minimum Gasteiger partial charge on any atom is -0.273 e. The Labute approximate surface area is 155 Å². The minimum absolute atomic E-state index is 0.0898. The molecule has 25 heavy (non-hydrogen) atoms. The number of urea groups is 1. The van der Waals surface area contributed by atoms with Gasteiger partial charge in [0.05, 0.1) is 3.79 Å². The molecule has 1 aromatic carbocycles. The average Bonchev–Trinajstić information content (AvgIpc) is 2.98. The molecule has 128 valence electrons. The maximum Gasteiger partial charge on any atom is 0.331 e. The molecule has 0 spiro atoms. The monoisotopic (exact) mass is 422 g/mol. The standard InChI is InChI=1S/C17H12BrFN2O3S/c18-14-6-5-12(25-14)9-13-15(22)20-17(24)21(16(13)23)8-7-10-1-3-11(19)4-2-10/h1-6,9H,7-8H2,(H,20,22,24). The van der Waals surface area contributed by atoms with Gasteiger partial charge in [-0.1, -0.05) is 12.1 Å². The summed E-state index contributed by atoms with van der Waals surface area (Å²) in [7, 11) is 0. The van der Waals surface area contributed by atoms with E-state index < -0.39 is 17.8 Å². The van der Waals surface area contributed by atoms with E-state index in [1.54, 1.807) is 24.3 Å². The summed E-state index contributed by atoms with van der Waals surface area (Å²) in [6.45, 7) is 0.0923. The maximum atomic E-state index is 12.9. The van der Waals surface area contributed by atoms with Crippen LogP contribution in [0.3, 0.4) is 0 Å². The first-order valence-corrected chi connectivity index (χ1v) is 8.93. The molecule has 0 bridgehead atoms. The van der Waals surface area contributed by atoms with Crippen molar-refractivity contribution in [2.24, 2.45) is 0 Å². The molecule has 0 radical (unpaired) electrons. The topological polar surface area (TPSA) is 66.5 Å². The summed E-state index contributed by atoms with van der Waals surface area (Å²) in [4.78, 5) is 38.2. The number of imide groups is 2. The van der Waals surface area contributed by atoms with Gasteiger partial charge in [-0.05, 0) is 58.3 Å². The summed E-state index contributed by atoms with van der Waals surface area (Å²) < 4.78 is 13.8.